The molecule has 1 aromatic carbocycles. The highest BCUT2D eigenvalue weighted by molar-refractivity contribution is 5.79. The first-order valence-electron chi connectivity index (χ1n) is 6.71. The number of nitrogens with two attached hydrogens (primary N) is 1. The lowest BCUT2D eigenvalue weighted by molar-refractivity contribution is -0.119. The number of aryl methyl sites for hydroxylation is 1. The van der Waals surface area contributed by atoms with E-state index in [-0.39, 0.29) is 11.8 Å². The minimum absolute atomic E-state index is 0.0194. The van der Waals surface area contributed by atoms with E-state index in [9.17, 15) is 4.79 Å². The molecule has 3 nitrogen and oxygen atoms in total. The van der Waals surface area contributed by atoms with Crippen LogP contribution in [-0.4, -0.2) is 18.4 Å². The van der Waals surface area contributed by atoms with Gasteiger partial charge in [-0.1, -0.05) is 19.1 Å². The Bertz CT molecular complexity index is 429. The number of hydrogen-bond donors (Lipinski definition) is 1. The Morgan fingerprint density at radius 3 is 3.11 bits per heavy atom. The van der Waals surface area contributed by atoms with Crippen LogP contribution in [0.25, 0.3) is 0 Å². The molecule has 1 atom stereocenters. The Morgan fingerprint density at radius 2 is 2.33 bits per heavy atom. The fraction of sp³-hybridized carbons (Fsp3) is 0.533. The van der Waals surface area contributed by atoms with Crippen molar-refractivity contribution in [1.82, 2.24) is 0 Å². The molecule has 98 valence electrons. The fourth-order valence-electron chi connectivity index (χ4n) is 2.22. The van der Waals surface area contributed by atoms with E-state index in [4.69, 9.17) is 10.5 Å². The summed E-state index contributed by atoms with van der Waals surface area (Å²) >= 11 is 0. The van der Waals surface area contributed by atoms with Crippen molar-refractivity contribution in [2.24, 2.45) is 5.73 Å². The summed E-state index contributed by atoms with van der Waals surface area (Å²) in [7, 11) is 0. The van der Waals surface area contributed by atoms with Gasteiger partial charge in [0.1, 0.15) is 11.5 Å². The van der Waals surface area contributed by atoms with Crippen LogP contribution in [0.3, 0.4) is 0 Å². The molecule has 2 N–H and O–H groups in total. The quantitative estimate of drug-likeness (QED) is 0.838. The Kier molecular flexibility index (Phi) is 4.37. The predicted molar refractivity (Wildman–Crippen MR) is 71.9 cm³/mol. The lowest BCUT2D eigenvalue weighted by atomic mass is 10.0. The first-order chi connectivity index (χ1) is 8.69. The summed E-state index contributed by atoms with van der Waals surface area (Å²) in [6.07, 6.45) is 3.75. The molecule has 1 aromatic rings. The van der Waals surface area contributed by atoms with Crippen molar-refractivity contribution in [2.45, 2.75) is 45.1 Å². The average molecular weight is 247 g/mol. The van der Waals surface area contributed by atoms with E-state index in [2.05, 4.69) is 12.1 Å². The van der Waals surface area contributed by atoms with Crippen molar-refractivity contribution in [3.05, 3.63) is 29.3 Å². The monoisotopic (exact) mass is 247 g/mol. The molecule has 0 saturated heterocycles. The molecule has 0 radical (unpaired) electrons. The second kappa shape index (κ2) is 6.01. The number of carbonyl (C=O) groups is 1. The van der Waals surface area contributed by atoms with Crippen molar-refractivity contribution < 1.29 is 9.53 Å². The Morgan fingerprint density at radius 1 is 1.50 bits per heavy atom. The van der Waals surface area contributed by atoms with Gasteiger partial charge in [0.25, 0.3) is 0 Å². The van der Waals surface area contributed by atoms with Gasteiger partial charge in [-0.05, 0) is 30.0 Å². The molecule has 1 aliphatic heterocycles. The highest BCUT2D eigenvalue weighted by atomic mass is 16.5. The molecule has 0 saturated carbocycles. The maximum Gasteiger partial charge on any atom is 0.134 e. The van der Waals surface area contributed by atoms with E-state index >= 15 is 0 Å². The van der Waals surface area contributed by atoms with E-state index in [0.29, 0.717) is 12.8 Å². The zero-order valence-electron chi connectivity index (χ0n) is 10.9. The largest absolute Gasteiger partial charge is 0.493 e. The van der Waals surface area contributed by atoms with Crippen LogP contribution in [0.4, 0.5) is 0 Å². The minimum Gasteiger partial charge on any atom is -0.493 e. The topological polar surface area (TPSA) is 52.3 Å². The molecule has 1 heterocycles. The van der Waals surface area contributed by atoms with Gasteiger partial charge in [0, 0.05) is 25.3 Å². The number of ether oxygens (including phenoxy) is 1. The summed E-state index contributed by atoms with van der Waals surface area (Å²) in [6.45, 7) is 2.79. The molecular formula is C15H21NO2. The number of ketones is 1. The molecule has 18 heavy (non-hydrogen) atoms. The van der Waals surface area contributed by atoms with Crippen LogP contribution in [0.2, 0.25) is 0 Å². The molecule has 0 amide bonds. The number of Topliss-reactive ketones (excluding diaryl/α,β-unsaturated/α-hetero) is 1. The number of fused-ring (bicyclic) bond motifs is 1. The van der Waals surface area contributed by atoms with Gasteiger partial charge in [-0.25, -0.2) is 0 Å². The molecule has 2 rings (SSSR count). The number of hydrogen-bond acceptors (Lipinski definition) is 3. The van der Waals surface area contributed by atoms with E-state index in [1.807, 2.05) is 13.0 Å². The summed E-state index contributed by atoms with van der Waals surface area (Å²) in [5, 5.41) is 0. The van der Waals surface area contributed by atoms with E-state index in [1.165, 1.54) is 11.1 Å². The molecule has 0 bridgehead atoms. The van der Waals surface area contributed by atoms with Crippen molar-refractivity contribution in [1.29, 1.82) is 0 Å². The highest BCUT2D eigenvalue weighted by Crippen LogP contribution is 2.26. The van der Waals surface area contributed by atoms with Crippen molar-refractivity contribution in [3.63, 3.8) is 0 Å². The normalized spacial score (nSPS) is 15.0. The van der Waals surface area contributed by atoms with Gasteiger partial charge < -0.3 is 10.5 Å². The zero-order valence-corrected chi connectivity index (χ0v) is 10.9. The van der Waals surface area contributed by atoms with Crippen molar-refractivity contribution >= 4 is 5.78 Å². The molecular weight excluding hydrogens is 226 g/mol. The standard InChI is InChI=1S/C15H21NO2/c1-2-13(16)10-14(17)5-3-11-4-6-15-12(9-11)7-8-18-15/h4,6,9,13H,2-3,5,7-8,10,16H2,1H3. The molecule has 1 unspecified atom stereocenters. The molecule has 0 fully saturated rings. The summed E-state index contributed by atoms with van der Waals surface area (Å²) < 4.78 is 5.46. The van der Waals surface area contributed by atoms with Crippen LogP contribution in [0.1, 0.15) is 37.3 Å². The van der Waals surface area contributed by atoms with Gasteiger partial charge in [-0.2, -0.15) is 0 Å². The van der Waals surface area contributed by atoms with E-state index < -0.39 is 0 Å². The fourth-order valence-corrected chi connectivity index (χ4v) is 2.22. The maximum absolute atomic E-state index is 11.7. The SMILES string of the molecule is CCC(N)CC(=O)CCc1ccc2c(c1)CCO2. The molecule has 0 spiro atoms. The van der Waals surface area contributed by atoms with Crippen LogP contribution >= 0.6 is 0 Å². The van der Waals surface area contributed by atoms with Gasteiger partial charge in [-0.3, -0.25) is 4.79 Å². The Balaban J connectivity index is 1.85. The summed E-state index contributed by atoms with van der Waals surface area (Å²) in [4.78, 5) is 11.7. The van der Waals surface area contributed by atoms with Crippen molar-refractivity contribution in [3.8, 4) is 5.75 Å². The predicted octanol–water partition coefficient (Wildman–Crippen LogP) is 2.25. The summed E-state index contributed by atoms with van der Waals surface area (Å²) in [6, 6.07) is 6.25. The minimum atomic E-state index is 0.0194. The lowest BCUT2D eigenvalue weighted by Gasteiger charge is -2.08. The number of benzene rings is 1. The molecule has 3 heteroatoms. The molecule has 0 aromatic heterocycles. The van der Waals surface area contributed by atoms with Gasteiger partial charge in [0.05, 0.1) is 6.61 Å². The smallest absolute Gasteiger partial charge is 0.134 e. The number of rotatable bonds is 6. The zero-order chi connectivity index (χ0) is 13.0. The Labute approximate surface area is 108 Å². The second-order valence-corrected chi connectivity index (χ2v) is 4.95. The van der Waals surface area contributed by atoms with Gasteiger partial charge in [0.15, 0.2) is 0 Å². The van der Waals surface area contributed by atoms with E-state index in [0.717, 1.165) is 31.6 Å². The average Bonchev–Trinajstić information content (AvgIpc) is 2.83. The molecule has 1 aliphatic rings. The first kappa shape index (κ1) is 13.1. The second-order valence-electron chi connectivity index (χ2n) is 4.95. The highest BCUT2D eigenvalue weighted by Gasteiger charge is 2.13. The lowest BCUT2D eigenvalue weighted by Crippen LogP contribution is -2.22. The van der Waals surface area contributed by atoms with Crippen molar-refractivity contribution in [2.75, 3.05) is 6.61 Å². The van der Waals surface area contributed by atoms with Crippen LogP contribution in [0.5, 0.6) is 5.75 Å². The third-order valence-corrected chi connectivity index (χ3v) is 3.46. The van der Waals surface area contributed by atoms with Crippen LogP contribution in [0.15, 0.2) is 18.2 Å². The number of carbonyl (C=O) groups excluding carboxylic acids is 1. The van der Waals surface area contributed by atoms with Gasteiger partial charge >= 0.3 is 0 Å². The van der Waals surface area contributed by atoms with Crippen LogP contribution in [-0.2, 0) is 17.6 Å². The first-order valence-corrected chi connectivity index (χ1v) is 6.71. The Hall–Kier alpha value is -1.35. The van der Waals surface area contributed by atoms with Gasteiger partial charge in [-0.15, -0.1) is 0 Å². The van der Waals surface area contributed by atoms with Crippen LogP contribution in [0, 0.1) is 0 Å². The summed E-state index contributed by atoms with van der Waals surface area (Å²) in [5.41, 5.74) is 8.27. The van der Waals surface area contributed by atoms with E-state index in [1.54, 1.807) is 0 Å². The van der Waals surface area contributed by atoms with Crippen LogP contribution < -0.4 is 10.5 Å². The third-order valence-electron chi connectivity index (χ3n) is 3.46. The maximum atomic E-state index is 11.7. The summed E-state index contributed by atoms with van der Waals surface area (Å²) in [5.74, 6) is 1.26. The van der Waals surface area contributed by atoms with Gasteiger partial charge in [0.2, 0.25) is 0 Å². The molecule has 0 aliphatic carbocycles. The third kappa shape index (κ3) is 3.33.